The molecule has 11 heteroatoms. The van der Waals surface area contributed by atoms with Crippen molar-refractivity contribution in [1.82, 2.24) is 29.9 Å². The van der Waals surface area contributed by atoms with E-state index in [4.69, 9.17) is 5.10 Å². The topological polar surface area (TPSA) is 119 Å². The molecule has 0 aliphatic heterocycles. The molecule has 9 rings (SSSR count). The van der Waals surface area contributed by atoms with E-state index in [0.29, 0.717) is 27.5 Å². The highest BCUT2D eigenvalue weighted by molar-refractivity contribution is 7.22. The van der Waals surface area contributed by atoms with Crippen LogP contribution in [0.1, 0.15) is 65.4 Å². The molecule has 4 aliphatic rings. The third kappa shape index (κ3) is 4.68. The van der Waals surface area contributed by atoms with Gasteiger partial charge in [-0.1, -0.05) is 23.5 Å². The Hall–Kier alpha value is -3.70. The zero-order valence-electron chi connectivity index (χ0n) is 23.3. The lowest BCUT2D eigenvalue weighted by Gasteiger charge is -2.56. The van der Waals surface area contributed by atoms with E-state index in [0.717, 1.165) is 56.6 Å². The molecule has 4 bridgehead atoms. The summed E-state index contributed by atoms with van der Waals surface area (Å²) >= 11 is 2.97. The van der Waals surface area contributed by atoms with Gasteiger partial charge in [0.15, 0.2) is 16.6 Å². The normalized spacial score (nSPS) is 24.5. The number of carboxylic acid groups (broad SMARTS) is 1. The lowest BCUT2D eigenvalue weighted by atomic mass is 9.49. The van der Waals surface area contributed by atoms with Gasteiger partial charge in [0.2, 0.25) is 0 Å². The SMILES string of the molecule is Cc1c(-c2sc(Cc3ccc(Nc4nc5ccccc5s4)nn3)nc2C(=O)O)cnn1CC12CC3CC(CC(C3)C1)C2. The number of benzene rings is 1. The molecule has 4 aliphatic carbocycles. The van der Waals surface area contributed by atoms with Crippen LogP contribution in [0.25, 0.3) is 20.7 Å². The first kappa shape index (κ1) is 26.0. The molecule has 4 saturated carbocycles. The second-order valence-corrected chi connectivity index (χ2v) is 14.6. The van der Waals surface area contributed by atoms with Gasteiger partial charge in [-0.25, -0.2) is 14.8 Å². The average molecular weight is 598 g/mol. The fourth-order valence-corrected chi connectivity index (χ4v) is 10.1. The standard InChI is InChI=1S/C31H31N7O2S2/c1-17-22(15-32-38(17)16-31-12-18-8-19(13-31)10-20(9-18)14-31)28-27(29(39)40)35-26(42-28)11-21-6-7-25(37-36-21)34-30-33-23-4-2-3-5-24(23)41-30/h2-7,15,18-20H,8-14,16H2,1H3,(H,39,40)(H,33,34,37). The first-order valence-corrected chi connectivity index (χ1v) is 16.2. The van der Waals surface area contributed by atoms with Crippen molar-refractivity contribution in [2.75, 3.05) is 5.32 Å². The molecule has 2 N–H and O–H groups in total. The fraction of sp³-hybridized carbons (Fsp3) is 0.419. The lowest BCUT2D eigenvalue weighted by Crippen LogP contribution is -2.48. The highest BCUT2D eigenvalue weighted by Gasteiger charge is 2.51. The fourth-order valence-electron chi connectivity index (χ4n) is 8.11. The summed E-state index contributed by atoms with van der Waals surface area (Å²) in [5.41, 5.74) is 3.97. The molecule has 0 unspecified atom stereocenters. The summed E-state index contributed by atoms with van der Waals surface area (Å²) in [6.07, 6.45) is 10.4. The molecule has 0 atom stereocenters. The van der Waals surface area contributed by atoms with E-state index in [1.165, 1.54) is 49.9 Å². The predicted molar refractivity (Wildman–Crippen MR) is 163 cm³/mol. The Morgan fingerprint density at radius 3 is 2.48 bits per heavy atom. The Morgan fingerprint density at radius 1 is 1.02 bits per heavy atom. The van der Waals surface area contributed by atoms with Crippen LogP contribution in [-0.2, 0) is 13.0 Å². The number of hydrogen-bond acceptors (Lipinski definition) is 9. The van der Waals surface area contributed by atoms with Crippen molar-refractivity contribution in [1.29, 1.82) is 0 Å². The minimum atomic E-state index is -1.03. The number of carbonyl (C=O) groups is 1. The van der Waals surface area contributed by atoms with E-state index in [-0.39, 0.29) is 5.69 Å². The smallest absolute Gasteiger partial charge is 0.356 e. The second-order valence-electron chi connectivity index (χ2n) is 12.5. The van der Waals surface area contributed by atoms with Crippen molar-refractivity contribution in [3.05, 3.63) is 64.7 Å². The van der Waals surface area contributed by atoms with Gasteiger partial charge in [0.25, 0.3) is 0 Å². The van der Waals surface area contributed by atoms with Crippen LogP contribution in [-0.4, -0.2) is 41.0 Å². The molecule has 42 heavy (non-hydrogen) atoms. The lowest BCUT2D eigenvalue weighted by molar-refractivity contribution is -0.0638. The van der Waals surface area contributed by atoms with Gasteiger partial charge in [-0.15, -0.1) is 16.4 Å². The van der Waals surface area contributed by atoms with Crippen LogP contribution in [0.15, 0.2) is 42.6 Å². The number of nitrogens with zero attached hydrogens (tertiary/aromatic N) is 6. The van der Waals surface area contributed by atoms with Gasteiger partial charge in [-0.2, -0.15) is 10.2 Å². The zero-order chi connectivity index (χ0) is 28.4. The number of para-hydroxylation sites is 1. The Morgan fingerprint density at radius 2 is 1.79 bits per heavy atom. The minimum Gasteiger partial charge on any atom is -0.476 e. The van der Waals surface area contributed by atoms with Crippen molar-refractivity contribution >= 4 is 49.8 Å². The Balaban J connectivity index is 1.00. The quantitative estimate of drug-likeness (QED) is 0.197. The number of rotatable bonds is 8. The van der Waals surface area contributed by atoms with Crippen molar-refractivity contribution in [2.24, 2.45) is 23.2 Å². The van der Waals surface area contributed by atoms with Crippen LogP contribution in [0, 0.1) is 30.1 Å². The van der Waals surface area contributed by atoms with E-state index < -0.39 is 5.97 Å². The van der Waals surface area contributed by atoms with E-state index in [1.54, 1.807) is 11.3 Å². The van der Waals surface area contributed by atoms with Gasteiger partial charge in [-0.05, 0) is 92.9 Å². The van der Waals surface area contributed by atoms with Crippen molar-refractivity contribution in [2.45, 2.75) is 58.4 Å². The Bertz CT molecular complexity index is 1740. The molecule has 0 spiro atoms. The molecule has 4 heterocycles. The summed E-state index contributed by atoms with van der Waals surface area (Å²) < 4.78 is 3.24. The third-order valence-electron chi connectivity index (χ3n) is 9.45. The molecule has 0 radical (unpaired) electrons. The first-order valence-electron chi connectivity index (χ1n) is 14.6. The highest BCUT2D eigenvalue weighted by Crippen LogP contribution is 2.60. The molecule has 9 nitrogen and oxygen atoms in total. The highest BCUT2D eigenvalue weighted by atomic mass is 32.1. The number of aromatic carboxylic acids is 1. The first-order chi connectivity index (χ1) is 20.4. The Kier molecular flexibility index (Phi) is 6.15. The molecule has 4 aromatic heterocycles. The maximum absolute atomic E-state index is 12.2. The molecule has 4 fully saturated rings. The van der Waals surface area contributed by atoms with E-state index in [2.05, 4.69) is 37.1 Å². The molecular formula is C31H31N7O2S2. The largest absolute Gasteiger partial charge is 0.476 e. The molecule has 214 valence electrons. The number of hydrogen-bond donors (Lipinski definition) is 2. The van der Waals surface area contributed by atoms with Gasteiger partial charge in [0.05, 0.1) is 27.0 Å². The van der Waals surface area contributed by atoms with E-state index >= 15 is 0 Å². The molecule has 0 amide bonds. The van der Waals surface area contributed by atoms with Gasteiger partial charge < -0.3 is 10.4 Å². The average Bonchev–Trinajstić information content (AvgIpc) is 3.65. The zero-order valence-corrected chi connectivity index (χ0v) is 24.9. The van der Waals surface area contributed by atoms with Crippen molar-refractivity contribution in [3.8, 4) is 10.4 Å². The maximum atomic E-state index is 12.2. The van der Waals surface area contributed by atoms with Crippen LogP contribution >= 0.6 is 22.7 Å². The number of nitrogens with one attached hydrogen (secondary N) is 1. The monoisotopic (exact) mass is 597 g/mol. The van der Waals surface area contributed by atoms with Crippen LogP contribution in [0.2, 0.25) is 0 Å². The van der Waals surface area contributed by atoms with Gasteiger partial charge >= 0.3 is 5.97 Å². The number of thiazole rings is 2. The Labute approximate surface area is 251 Å². The molecule has 0 saturated heterocycles. The van der Waals surface area contributed by atoms with Crippen LogP contribution in [0.5, 0.6) is 0 Å². The third-order valence-corrected chi connectivity index (χ3v) is 11.5. The number of fused-ring (bicyclic) bond motifs is 1. The molecule has 5 aromatic rings. The molecule has 1 aromatic carbocycles. The summed E-state index contributed by atoms with van der Waals surface area (Å²) in [6, 6.07) is 11.7. The maximum Gasteiger partial charge on any atom is 0.356 e. The number of aromatic nitrogens is 6. The predicted octanol–water partition coefficient (Wildman–Crippen LogP) is 6.96. The van der Waals surface area contributed by atoms with Gasteiger partial charge in [0, 0.05) is 24.2 Å². The summed E-state index contributed by atoms with van der Waals surface area (Å²) in [5.74, 6) is 2.23. The second kappa shape index (κ2) is 9.95. The van der Waals surface area contributed by atoms with E-state index in [9.17, 15) is 9.90 Å². The van der Waals surface area contributed by atoms with Crippen LogP contribution < -0.4 is 5.32 Å². The van der Waals surface area contributed by atoms with Crippen molar-refractivity contribution in [3.63, 3.8) is 0 Å². The summed E-state index contributed by atoms with van der Waals surface area (Å²) in [7, 11) is 0. The summed E-state index contributed by atoms with van der Waals surface area (Å²) in [4.78, 5) is 22.0. The minimum absolute atomic E-state index is 0.0783. The summed E-state index contributed by atoms with van der Waals surface area (Å²) in [6.45, 7) is 3.00. The van der Waals surface area contributed by atoms with Crippen LogP contribution in [0.3, 0.4) is 0 Å². The summed E-state index contributed by atoms with van der Waals surface area (Å²) in [5, 5.41) is 28.2. The van der Waals surface area contributed by atoms with Gasteiger partial charge in [0.1, 0.15) is 5.01 Å². The number of anilines is 2. The van der Waals surface area contributed by atoms with E-state index in [1.807, 2.05) is 42.6 Å². The van der Waals surface area contributed by atoms with Crippen molar-refractivity contribution < 1.29 is 9.90 Å². The number of carboxylic acids is 1. The van der Waals surface area contributed by atoms with Crippen LogP contribution in [0.4, 0.5) is 10.9 Å². The van der Waals surface area contributed by atoms with Gasteiger partial charge in [-0.3, -0.25) is 4.68 Å². The molecular weight excluding hydrogens is 567 g/mol.